The first-order valence-corrected chi connectivity index (χ1v) is 7.14. The van der Waals surface area contributed by atoms with Gasteiger partial charge in [0.25, 0.3) is 0 Å². The number of aromatic nitrogens is 1. The molecular weight excluding hydrogens is 294 g/mol. The van der Waals surface area contributed by atoms with Crippen molar-refractivity contribution in [1.82, 2.24) is 4.98 Å². The molecule has 0 radical (unpaired) electrons. The van der Waals surface area contributed by atoms with Crippen molar-refractivity contribution < 1.29 is 9.53 Å². The molecule has 1 aliphatic rings. The second-order valence-corrected chi connectivity index (χ2v) is 5.04. The van der Waals surface area contributed by atoms with E-state index in [4.69, 9.17) is 15.7 Å². The molecule has 0 saturated carbocycles. The van der Waals surface area contributed by atoms with Crippen molar-refractivity contribution in [2.45, 2.75) is 13.3 Å². The average molecular weight is 309 g/mol. The highest BCUT2D eigenvalue weighted by Crippen LogP contribution is 2.30. The number of carbonyl (C=O) groups excluding carboxylic acids is 1. The Morgan fingerprint density at radius 3 is 3.04 bits per heavy atom. The molecule has 0 unspecified atom stereocenters. The summed E-state index contributed by atoms with van der Waals surface area (Å²) in [6.07, 6.45) is 0.359. The average Bonchev–Trinajstić information content (AvgIpc) is 2.87. The van der Waals surface area contributed by atoms with Crippen LogP contribution >= 0.6 is 0 Å². The first kappa shape index (κ1) is 14.7. The molecule has 116 valence electrons. The van der Waals surface area contributed by atoms with E-state index in [0.29, 0.717) is 24.5 Å². The van der Waals surface area contributed by atoms with Crippen LogP contribution in [0.2, 0.25) is 0 Å². The van der Waals surface area contributed by atoms with E-state index in [9.17, 15) is 4.79 Å². The second kappa shape index (κ2) is 5.85. The van der Waals surface area contributed by atoms with E-state index in [1.165, 1.54) is 0 Å². The summed E-state index contributed by atoms with van der Waals surface area (Å²) in [6.45, 7) is 2.20. The highest BCUT2D eigenvalue weighted by molar-refractivity contribution is 5.99. The summed E-state index contributed by atoms with van der Waals surface area (Å²) >= 11 is 0. The number of nitrogens with two attached hydrogens (primary N) is 1. The van der Waals surface area contributed by atoms with Gasteiger partial charge in [-0.2, -0.15) is 10.2 Å². The lowest BCUT2D eigenvalue weighted by atomic mass is 10.1. The molecular formula is C16H15N5O2. The van der Waals surface area contributed by atoms with Gasteiger partial charge < -0.3 is 21.1 Å². The van der Waals surface area contributed by atoms with Crippen molar-refractivity contribution in [2.75, 3.05) is 23.0 Å². The van der Waals surface area contributed by atoms with Gasteiger partial charge >= 0.3 is 0 Å². The first-order chi connectivity index (χ1) is 11.1. The molecule has 4 N–H and O–H groups in total. The minimum Gasteiger partial charge on any atom is -0.477 e. The molecule has 0 saturated heterocycles. The third-order valence-electron chi connectivity index (χ3n) is 3.41. The monoisotopic (exact) mass is 309 g/mol. The Labute approximate surface area is 133 Å². The highest BCUT2D eigenvalue weighted by atomic mass is 16.5. The maximum absolute atomic E-state index is 11.4. The van der Waals surface area contributed by atoms with Gasteiger partial charge in [-0.05, 0) is 30.7 Å². The number of nitrogens with zero attached hydrogens (tertiary/aromatic N) is 2. The number of nitriles is 1. The molecule has 1 aromatic heterocycles. The normalized spacial score (nSPS) is 12.3. The van der Waals surface area contributed by atoms with Gasteiger partial charge in [0.2, 0.25) is 11.8 Å². The van der Waals surface area contributed by atoms with Gasteiger partial charge in [-0.25, -0.2) is 0 Å². The quantitative estimate of drug-likeness (QED) is 0.797. The largest absolute Gasteiger partial charge is 0.477 e. The van der Waals surface area contributed by atoms with Crippen LogP contribution < -0.4 is 21.1 Å². The molecule has 0 fully saturated rings. The fourth-order valence-corrected chi connectivity index (χ4v) is 2.41. The lowest BCUT2D eigenvalue weighted by Crippen LogP contribution is -2.04. The molecule has 0 aliphatic carbocycles. The van der Waals surface area contributed by atoms with Gasteiger partial charge in [-0.15, -0.1) is 0 Å². The summed E-state index contributed by atoms with van der Waals surface area (Å²) in [5.74, 6) is 0.661. The van der Waals surface area contributed by atoms with Crippen molar-refractivity contribution in [1.29, 1.82) is 5.26 Å². The number of hydrogen-bond donors (Lipinski definition) is 3. The SMILES string of the molecule is CCOc1nc(Nc2ccc3c(c2)CC(=O)N3)cc(N)c1C#N. The fraction of sp³-hybridized carbons (Fsp3) is 0.188. The Morgan fingerprint density at radius 1 is 1.48 bits per heavy atom. The van der Waals surface area contributed by atoms with Crippen LogP contribution in [0.15, 0.2) is 24.3 Å². The number of nitrogen functional groups attached to an aromatic ring is 1. The Kier molecular flexibility index (Phi) is 3.73. The van der Waals surface area contributed by atoms with E-state index >= 15 is 0 Å². The zero-order valence-electron chi connectivity index (χ0n) is 12.5. The molecule has 0 atom stereocenters. The van der Waals surface area contributed by atoms with Crippen molar-refractivity contribution in [2.24, 2.45) is 0 Å². The summed E-state index contributed by atoms with van der Waals surface area (Å²) in [5.41, 5.74) is 8.93. The van der Waals surface area contributed by atoms with Gasteiger partial charge in [0.05, 0.1) is 18.7 Å². The van der Waals surface area contributed by atoms with E-state index in [1.807, 2.05) is 31.2 Å². The lowest BCUT2D eigenvalue weighted by molar-refractivity contribution is -0.115. The molecule has 23 heavy (non-hydrogen) atoms. The Hall–Kier alpha value is -3.27. The number of rotatable bonds is 4. The van der Waals surface area contributed by atoms with E-state index in [0.717, 1.165) is 16.9 Å². The van der Waals surface area contributed by atoms with E-state index in [1.54, 1.807) is 6.07 Å². The molecule has 0 spiro atoms. The highest BCUT2D eigenvalue weighted by Gasteiger charge is 2.18. The number of amides is 1. The van der Waals surface area contributed by atoms with Gasteiger partial charge in [0.1, 0.15) is 17.5 Å². The molecule has 0 bridgehead atoms. The van der Waals surface area contributed by atoms with E-state index < -0.39 is 0 Å². The topological polar surface area (TPSA) is 113 Å². The molecule has 2 aromatic rings. The summed E-state index contributed by atoms with van der Waals surface area (Å²) < 4.78 is 5.37. The van der Waals surface area contributed by atoms with Crippen LogP contribution in [-0.2, 0) is 11.2 Å². The number of nitrogens with one attached hydrogen (secondary N) is 2. The molecule has 7 heteroatoms. The lowest BCUT2D eigenvalue weighted by Gasteiger charge is -2.12. The Bertz CT molecular complexity index is 826. The van der Waals surface area contributed by atoms with Gasteiger partial charge in [0, 0.05) is 17.4 Å². The minimum atomic E-state index is -0.0171. The van der Waals surface area contributed by atoms with Crippen LogP contribution in [0.4, 0.5) is 22.9 Å². The zero-order chi connectivity index (χ0) is 16.4. The van der Waals surface area contributed by atoms with Gasteiger partial charge in [-0.3, -0.25) is 4.79 Å². The number of benzene rings is 1. The Morgan fingerprint density at radius 2 is 2.30 bits per heavy atom. The molecule has 3 rings (SSSR count). The van der Waals surface area contributed by atoms with Gasteiger partial charge in [-0.1, -0.05) is 0 Å². The van der Waals surface area contributed by atoms with Crippen LogP contribution in [0.5, 0.6) is 5.88 Å². The van der Waals surface area contributed by atoms with E-state index in [2.05, 4.69) is 15.6 Å². The predicted molar refractivity (Wildman–Crippen MR) is 86.6 cm³/mol. The maximum atomic E-state index is 11.4. The van der Waals surface area contributed by atoms with Crippen molar-refractivity contribution in [3.05, 3.63) is 35.4 Å². The number of pyridine rings is 1. The third-order valence-corrected chi connectivity index (χ3v) is 3.41. The van der Waals surface area contributed by atoms with Crippen LogP contribution in [0.25, 0.3) is 0 Å². The van der Waals surface area contributed by atoms with Crippen molar-refractivity contribution in [3.8, 4) is 11.9 Å². The fourth-order valence-electron chi connectivity index (χ4n) is 2.41. The zero-order valence-corrected chi connectivity index (χ0v) is 12.5. The molecule has 1 aliphatic heterocycles. The molecule has 7 nitrogen and oxygen atoms in total. The molecule has 1 aromatic carbocycles. The van der Waals surface area contributed by atoms with Crippen LogP contribution in [0, 0.1) is 11.3 Å². The van der Waals surface area contributed by atoms with E-state index in [-0.39, 0.29) is 17.4 Å². The van der Waals surface area contributed by atoms with Crippen LogP contribution in [0.1, 0.15) is 18.1 Å². The number of carbonyl (C=O) groups is 1. The minimum absolute atomic E-state index is 0.0171. The summed E-state index contributed by atoms with van der Waals surface area (Å²) in [5, 5.41) is 15.0. The summed E-state index contributed by atoms with van der Waals surface area (Å²) in [4.78, 5) is 15.7. The van der Waals surface area contributed by atoms with Gasteiger partial charge in [0.15, 0.2) is 0 Å². The maximum Gasteiger partial charge on any atom is 0.235 e. The third kappa shape index (κ3) is 2.87. The van der Waals surface area contributed by atoms with Crippen molar-refractivity contribution in [3.63, 3.8) is 0 Å². The second-order valence-electron chi connectivity index (χ2n) is 5.04. The summed E-state index contributed by atoms with van der Waals surface area (Å²) in [6, 6.07) is 9.12. The first-order valence-electron chi connectivity index (χ1n) is 7.14. The predicted octanol–water partition coefficient (Wildman–Crippen LogP) is 2.17. The summed E-state index contributed by atoms with van der Waals surface area (Å²) in [7, 11) is 0. The molecule has 2 heterocycles. The van der Waals surface area contributed by atoms with Crippen LogP contribution in [-0.4, -0.2) is 17.5 Å². The van der Waals surface area contributed by atoms with Crippen molar-refractivity contribution >= 4 is 28.8 Å². The Balaban J connectivity index is 1.90. The smallest absolute Gasteiger partial charge is 0.235 e. The molecule has 1 amide bonds. The number of fused-ring (bicyclic) bond motifs is 1. The number of anilines is 4. The number of hydrogen-bond acceptors (Lipinski definition) is 6. The standard InChI is InChI=1S/C16H15N5O2/c1-2-23-16-11(8-17)12(18)7-14(21-16)19-10-3-4-13-9(5-10)6-15(22)20-13/h3-5,7H,2,6H2,1H3,(H,20,22)(H3,18,19,21). The number of ether oxygens (including phenoxy) is 1. The van der Waals surface area contributed by atoms with Crippen LogP contribution in [0.3, 0.4) is 0 Å².